The van der Waals surface area contributed by atoms with Gasteiger partial charge in [0.05, 0.1) is 25.0 Å². The molecule has 6 nitrogen and oxygen atoms in total. The molecule has 0 bridgehead atoms. The lowest BCUT2D eigenvalue weighted by Crippen LogP contribution is -2.36. The highest BCUT2D eigenvalue weighted by Gasteiger charge is 2.12. The van der Waals surface area contributed by atoms with E-state index in [2.05, 4.69) is 31.4 Å². The second kappa shape index (κ2) is 8.21. The van der Waals surface area contributed by atoms with E-state index >= 15 is 0 Å². The first-order valence-electron chi connectivity index (χ1n) is 7.37. The smallest absolute Gasteiger partial charge is 0.191 e. The summed E-state index contributed by atoms with van der Waals surface area (Å²) in [6.07, 6.45) is 7.40. The van der Waals surface area contributed by atoms with Crippen LogP contribution in [0.25, 0.3) is 0 Å². The Balaban J connectivity index is 0.00000176. The Morgan fingerprint density at radius 1 is 1.36 bits per heavy atom. The van der Waals surface area contributed by atoms with Crippen LogP contribution in [0.5, 0.6) is 0 Å². The number of halogens is 1. The zero-order valence-electron chi connectivity index (χ0n) is 12.7. The maximum Gasteiger partial charge on any atom is 0.191 e. The van der Waals surface area contributed by atoms with Crippen molar-refractivity contribution in [3.05, 3.63) is 41.9 Å². The zero-order chi connectivity index (χ0) is 14.5. The molecule has 0 saturated heterocycles. The number of imidazole rings is 1. The van der Waals surface area contributed by atoms with Gasteiger partial charge in [-0.05, 0) is 25.0 Å². The molecule has 3 heterocycles. The molecule has 0 atom stereocenters. The lowest BCUT2D eigenvalue weighted by molar-refractivity contribution is 0.501. The number of aryl methyl sites for hydroxylation is 2. The summed E-state index contributed by atoms with van der Waals surface area (Å²) in [5.41, 5.74) is 1.06. The van der Waals surface area contributed by atoms with Crippen LogP contribution in [0.2, 0.25) is 0 Å². The van der Waals surface area contributed by atoms with Crippen LogP contribution in [0.15, 0.2) is 34.0 Å². The van der Waals surface area contributed by atoms with Crippen LogP contribution in [-0.4, -0.2) is 22.6 Å². The molecule has 1 aliphatic rings. The second-order valence-electron chi connectivity index (χ2n) is 5.16. The molecule has 2 aromatic rings. The van der Waals surface area contributed by atoms with Gasteiger partial charge < -0.3 is 19.6 Å². The average molecular weight is 415 g/mol. The Bertz CT molecular complexity index is 582. The van der Waals surface area contributed by atoms with Crippen LogP contribution in [0.3, 0.4) is 0 Å². The molecule has 0 spiro atoms. The first kappa shape index (κ1) is 16.9. The van der Waals surface area contributed by atoms with Crippen molar-refractivity contribution in [3.8, 4) is 0 Å². The highest BCUT2D eigenvalue weighted by Crippen LogP contribution is 2.14. The summed E-state index contributed by atoms with van der Waals surface area (Å²) in [4.78, 5) is 8.87. The van der Waals surface area contributed by atoms with Crippen molar-refractivity contribution in [2.24, 2.45) is 4.99 Å². The quantitative estimate of drug-likeness (QED) is 0.457. The summed E-state index contributed by atoms with van der Waals surface area (Å²) >= 11 is 0. The molecule has 22 heavy (non-hydrogen) atoms. The zero-order valence-corrected chi connectivity index (χ0v) is 15.0. The number of nitrogens with one attached hydrogen (secondary N) is 2. The van der Waals surface area contributed by atoms with Gasteiger partial charge in [-0.2, -0.15) is 0 Å². The van der Waals surface area contributed by atoms with Crippen molar-refractivity contribution < 1.29 is 4.42 Å². The van der Waals surface area contributed by atoms with Crippen LogP contribution >= 0.6 is 24.0 Å². The minimum absolute atomic E-state index is 0. The third kappa shape index (κ3) is 4.25. The summed E-state index contributed by atoms with van der Waals surface area (Å²) in [6.45, 7) is 2.39. The summed E-state index contributed by atoms with van der Waals surface area (Å²) < 4.78 is 7.55. The minimum atomic E-state index is 0. The first-order chi connectivity index (χ1) is 10.3. The van der Waals surface area contributed by atoms with Gasteiger partial charge in [0.1, 0.15) is 11.6 Å². The number of hydrogen-bond acceptors (Lipinski definition) is 3. The fraction of sp³-hybridized carbons (Fsp3) is 0.467. The lowest BCUT2D eigenvalue weighted by Gasteiger charge is -2.11. The van der Waals surface area contributed by atoms with Crippen molar-refractivity contribution in [1.82, 2.24) is 20.2 Å². The van der Waals surface area contributed by atoms with Gasteiger partial charge in [0.15, 0.2) is 5.96 Å². The predicted octanol–water partition coefficient (Wildman–Crippen LogP) is 2.30. The van der Waals surface area contributed by atoms with E-state index in [0.29, 0.717) is 13.1 Å². The highest BCUT2D eigenvalue weighted by molar-refractivity contribution is 14.0. The Kier molecular flexibility index (Phi) is 6.29. The average Bonchev–Trinajstić information content (AvgIpc) is 3.16. The van der Waals surface area contributed by atoms with Crippen LogP contribution in [0, 0.1) is 0 Å². The van der Waals surface area contributed by atoms with Crippen molar-refractivity contribution in [2.75, 3.05) is 7.05 Å². The van der Waals surface area contributed by atoms with Crippen molar-refractivity contribution >= 4 is 29.9 Å². The van der Waals surface area contributed by atoms with Gasteiger partial charge in [-0.3, -0.25) is 4.99 Å². The Morgan fingerprint density at radius 2 is 2.23 bits per heavy atom. The van der Waals surface area contributed by atoms with E-state index in [-0.39, 0.29) is 24.0 Å². The molecule has 2 N–H and O–H groups in total. The summed E-state index contributed by atoms with van der Waals surface area (Å²) in [5, 5.41) is 6.49. The molecule has 0 amide bonds. The van der Waals surface area contributed by atoms with E-state index in [1.165, 1.54) is 18.7 Å². The molecule has 7 heteroatoms. The van der Waals surface area contributed by atoms with Gasteiger partial charge >= 0.3 is 0 Å². The fourth-order valence-electron chi connectivity index (χ4n) is 2.54. The normalized spacial score (nSPS) is 14.1. The molecule has 0 fully saturated rings. The third-order valence-corrected chi connectivity index (χ3v) is 3.63. The number of furan rings is 1. The van der Waals surface area contributed by atoms with Crippen molar-refractivity contribution in [2.45, 2.75) is 38.9 Å². The monoisotopic (exact) mass is 415 g/mol. The minimum Gasteiger partial charge on any atom is -0.467 e. The number of nitrogens with zero attached hydrogens (tertiary/aromatic N) is 3. The molecule has 2 aromatic heterocycles. The summed E-state index contributed by atoms with van der Waals surface area (Å²) in [7, 11) is 1.76. The molecule has 3 rings (SSSR count). The highest BCUT2D eigenvalue weighted by atomic mass is 127. The number of fused-ring (bicyclic) bond motifs is 1. The maximum absolute atomic E-state index is 5.29. The van der Waals surface area contributed by atoms with Crippen molar-refractivity contribution in [3.63, 3.8) is 0 Å². The topological polar surface area (TPSA) is 67.4 Å². The standard InChI is InChI=1S/C15H21N5O.HI/c1-16-15(18-10-13-5-4-8-21-13)17-9-12-11-20-7-3-2-6-14(20)19-12;/h4-5,8,11H,2-3,6-7,9-10H2,1H3,(H2,16,17,18);1H. The van der Waals surface area contributed by atoms with Gasteiger partial charge in [0, 0.05) is 26.2 Å². The van der Waals surface area contributed by atoms with E-state index in [1.807, 2.05) is 12.1 Å². The Labute approximate surface area is 147 Å². The molecule has 120 valence electrons. The molecule has 0 saturated carbocycles. The molecule has 1 aliphatic heterocycles. The Morgan fingerprint density at radius 3 is 2.95 bits per heavy atom. The van der Waals surface area contributed by atoms with Gasteiger partial charge in [-0.25, -0.2) is 4.98 Å². The number of aromatic nitrogens is 2. The fourth-order valence-corrected chi connectivity index (χ4v) is 2.54. The van der Waals surface area contributed by atoms with Crippen molar-refractivity contribution in [1.29, 1.82) is 0 Å². The summed E-state index contributed by atoms with van der Waals surface area (Å²) in [6, 6.07) is 3.81. The van der Waals surface area contributed by atoms with E-state index in [1.54, 1.807) is 13.3 Å². The third-order valence-electron chi connectivity index (χ3n) is 3.63. The van der Waals surface area contributed by atoms with Gasteiger partial charge in [-0.15, -0.1) is 24.0 Å². The van der Waals surface area contributed by atoms with E-state index < -0.39 is 0 Å². The molecule has 0 aliphatic carbocycles. The number of aliphatic imine (C=N–C) groups is 1. The van der Waals surface area contributed by atoms with Crippen LogP contribution < -0.4 is 10.6 Å². The molecule has 0 unspecified atom stereocenters. The lowest BCUT2D eigenvalue weighted by atomic mass is 10.2. The predicted molar refractivity (Wildman–Crippen MR) is 96.3 cm³/mol. The van der Waals surface area contributed by atoms with Gasteiger partial charge in [0.2, 0.25) is 0 Å². The number of guanidine groups is 1. The molecular weight excluding hydrogens is 393 g/mol. The first-order valence-corrected chi connectivity index (χ1v) is 7.37. The SMILES string of the molecule is CN=C(NCc1cn2c(n1)CCCC2)NCc1ccco1.I. The van der Waals surface area contributed by atoms with Crippen LogP contribution in [0.4, 0.5) is 0 Å². The summed E-state index contributed by atoms with van der Waals surface area (Å²) in [5.74, 6) is 2.84. The molecule has 0 aromatic carbocycles. The molecule has 0 radical (unpaired) electrons. The largest absolute Gasteiger partial charge is 0.467 e. The maximum atomic E-state index is 5.29. The Hall–Kier alpha value is -1.51. The second-order valence-corrected chi connectivity index (χ2v) is 5.16. The van der Waals surface area contributed by atoms with Gasteiger partial charge in [-0.1, -0.05) is 0 Å². The van der Waals surface area contributed by atoms with Crippen LogP contribution in [-0.2, 0) is 26.1 Å². The molecular formula is C15H22IN5O. The van der Waals surface area contributed by atoms with E-state index in [4.69, 9.17) is 4.42 Å². The van der Waals surface area contributed by atoms with Crippen LogP contribution in [0.1, 0.15) is 30.1 Å². The van der Waals surface area contributed by atoms with Gasteiger partial charge in [0.25, 0.3) is 0 Å². The van der Waals surface area contributed by atoms with E-state index in [0.717, 1.165) is 30.4 Å². The van der Waals surface area contributed by atoms with E-state index in [9.17, 15) is 0 Å². The number of hydrogen-bond donors (Lipinski definition) is 2. The number of rotatable bonds is 4.